The fourth-order valence-electron chi connectivity index (χ4n) is 0.241. The van der Waals surface area contributed by atoms with Crippen molar-refractivity contribution in [2.75, 3.05) is 12.9 Å². The molecule has 0 heterocycles. The molecule has 0 aliphatic heterocycles. The molecule has 0 aliphatic rings. The quantitative estimate of drug-likeness (QED) is 0.455. The van der Waals surface area contributed by atoms with Crippen LogP contribution in [0.5, 0.6) is 0 Å². The molecule has 0 bridgehead atoms. The van der Waals surface area contributed by atoms with Gasteiger partial charge < -0.3 is 4.74 Å². The van der Waals surface area contributed by atoms with Gasteiger partial charge in [0.2, 0.25) is 4.38 Å². The standard InChI is InChI=1S/C6H10OS2/c1-5(2)4-7-6(8)9-3/h1,4H2,2-3H3. The highest BCUT2D eigenvalue weighted by Crippen LogP contribution is 2.00. The van der Waals surface area contributed by atoms with E-state index in [9.17, 15) is 0 Å². The maximum absolute atomic E-state index is 5.05. The van der Waals surface area contributed by atoms with Gasteiger partial charge in [-0.3, -0.25) is 0 Å². The topological polar surface area (TPSA) is 9.23 Å². The first-order valence-electron chi connectivity index (χ1n) is 2.52. The SMILES string of the molecule is C=C(C)COC(=S)SC. The number of ether oxygens (including phenoxy) is 1. The van der Waals surface area contributed by atoms with E-state index in [-0.39, 0.29) is 0 Å². The summed E-state index contributed by atoms with van der Waals surface area (Å²) in [4.78, 5) is 0. The zero-order valence-corrected chi connectivity index (χ0v) is 7.27. The fraction of sp³-hybridized carbons (Fsp3) is 0.500. The lowest BCUT2D eigenvalue weighted by Crippen LogP contribution is -1.98. The second-order valence-corrected chi connectivity index (χ2v) is 3.11. The summed E-state index contributed by atoms with van der Waals surface area (Å²) in [5.74, 6) is 0. The van der Waals surface area contributed by atoms with Crippen LogP contribution in [0.1, 0.15) is 6.92 Å². The smallest absolute Gasteiger partial charge is 0.220 e. The molecule has 0 aliphatic carbocycles. The van der Waals surface area contributed by atoms with E-state index in [1.54, 1.807) is 0 Å². The van der Waals surface area contributed by atoms with Crippen molar-refractivity contribution in [1.82, 2.24) is 0 Å². The minimum Gasteiger partial charge on any atom is -0.474 e. The van der Waals surface area contributed by atoms with Gasteiger partial charge in [0, 0.05) is 0 Å². The van der Waals surface area contributed by atoms with Gasteiger partial charge in [0.25, 0.3) is 0 Å². The summed E-state index contributed by atoms with van der Waals surface area (Å²) >= 11 is 6.21. The highest BCUT2D eigenvalue weighted by Gasteiger charge is 1.91. The lowest BCUT2D eigenvalue weighted by Gasteiger charge is -2.02. The number of hydrogen-bond acceptors (Lipinski definition) is 3. The Morgan fingerprint density at radius 1 is 1.78 bits per heavy atom. The molecular formula is C6H10OS2. The van der Waals surface area contributed by atoms with Crippen LogP contribution < -0.4 is 0 Å². The molecule has 0 saturated heterocycles. The highest BCUT2D eigenvalue weighted by atomic mass is 32.2. The minimum absolute atomic E-state index is 0.541. The maximum atomic E-state index is 5.05. The third-order valence-corrected chi connectivity index (χ3v) is 1.67. The molecule has 1 nitrogen and oxygen atoms in total. The summed E-state index contributed by atoms with van der Waals surface area (Å²) in [6.45, 7) is 6.11. The summed E-state index contributed by atoms with van der Waals surface area (Å²) in [6.07, 6.45) is 1.89. The summed E-state index contributed by atoms with van der Waals surface area (Å²) in [5.41, 5.74) is 0.992. The largest absolute Gasteiger partial charge is 0.474 e. The highest BCUT2D eigenvalue weighted by molar-refractivity contribution is 8.22. The molecule has 0 amide bonds. The first-order valence-corrected chi connectivity index (χ1v) is 4.15. The van der Waals surface area contributed by atoms with Crippen LogP contribution in [0.25, 0.3) is 0 Å². The molecule has 0 saturated carbocycles. The van der Waals surface area contributed by atoms with E-state index < -0.39 is 0 Å². The molecule has 0 spiro atoms. The Labute approximate surface area is 65.5 Å². The second kappa shape index (κ2) is 4.82. The van der Waals surface area contributed by atoms with Crippen LogP contribution >= 0.6 is 24.0 Å². The second-order valence-electron chi connectivity index (χ2n) is 1.70. The van der Waals surface area contributed by atoms with Crippen molar-refractivity contribution >= 4 is 28.4 Å². The molecule has 0 aromatic carbocycles. The average molecular weight is 162 g/mol. The molecule has 0 radical (unpaired) electrons. The number of thioether (sulfide) groups is 1. The predicted molar refractivity (Wildman–Crippen MR) is 46.9 cm³/mol. The van der Waals surface area contributed by atoms with Crippen molar-refractivity contribution in [3.63, 3.8) is 0 Å². The van der Waals surface area contributed by atoms with Gasteiger partial charge in [-0.15, -0.1) is 0 Å². The van der Waals surface area contributed by atoms with Crippen molar-refractivity contribution < 1.29 is 4.74 Å². The molecule has 0 aromatic heterocycles. The molecule has 0 N–H and O–H groups in total. The van der Waals surface area contributed by atoms with Crippen molar-refractivity contribution in [2.24, 2.45) is 0 Å². The molecule has 9 heavy (non-hydrogen) atoms. The Hall–Kier alpha value is -0.0200. The molecule has 0 fully saturated rings. The lowest BCUT2D eigenvalue weighted by atomic mass is 10.4. The zero-order valence-electron chi connectivity index (χ0n) is 5.64. The molecule has 0 rings (SSSR count). The van der Waals surface area contributed by atoms with Crippen molar-refractivity contribution in [2.45, 2.75) is 6.92 Å². The average Bonchev–Trinajstić information content (AvgIpc) is 1.83. The Balaban J connectivity index is 3.28. The van der Waals surface area contributed by atoms with E-state index in [0.717, 1.165) is 5.57 Å². The Morgan fingerprint density at radius 2 is 2.33 bits per heavy atom. The van der Waals surface area contributed by atoms with Crippen molar-refractivity contribution in [1.29, 1.82) is 0 Å². The van der Waals surface area contributed by atoms with E-state index >= 15 is 0 Å². The summed E-state index contributed by atoms with van der Waals surface area (Å²) in [6, 6.07) is 0. The van der Waals surface area contributed by atoms with Crippen molar-refractivity contribution in [3.8, 4) is 0 Å². The molecular weight excluding hydrogens is 152 g/mol. The third kappa shape index (κ3) is 5.86. The van der Waals surface area contributed by atoms with Crippen LogP contribution in [-0.2, 0) is 4.74 Å². The summed E-state index contributed by atoms with van der Waals surface area (Å²) < 4.78 is 5.63. The van der Waals surface area contributed by atoms with Crippen LogP contribution in [0.2, 0.25) is 0 Å². The van der Waals surface area contributed by atoms with Gasteiger partial charge >= 0.3 is 0 Å². The van der Waals surface area contributed by atoms with Gasteiger partial charge in [0.05, 0.1) is 0 Å². The minimum atomic E-state index is 0.541. The summed E-state index contributed by atoms with van der Waals surface area (Å²) in [5, 5.41) is 0. The van der Waals surface area contributed by atoms with E-state index in [2.05, 4.69) is 6.58 Å². The Bertz CT molecular complexity index is 120. The van der Waals surface area contributed by atoms with Gasteiger partial charge in [0.15, 0.2) is 0 Å². The lowest BCUT2D eigenvalue weighted by molar-refractivity contribution is 0.359. The molecule has 3 heteroatoms. The molecule has 0 aromatic rings. The third-order valence-electron chi connectivity index (χ3n) is 0.603. The molecule has 0 unspecified atom stereocenters. The van der Waals surface area contributed by atoms with Crippen LogP contribution in [0, 0.1) is 0 Å². The monoisotopic (exact) mass is 162 g/mol. The van der Waals surface area contributed by atoms with Gasteiger partial charge in [-0.2, -0.15) is 0 Å². The normalized spacial score (nSPS) is 8.67. The van der Waals surface area contributed by atoms with Gasteiger partial charge in [-0.05, 0) is 31.0 Å². The predicted octanol–water partition coefficient (Wildman–Crippen LogP) is 2.23. The summed E-state index contributed by atoms with van der Waals surface area (Å²) in [7, 11) is 0. The van der Waals surface area contributed by atoms with E-state index in [1.165, 1.54) is 11.8 Å². The van der Waals surface area contributed by atoms with Gasteiger partial charge in [0.1, 0.15) is 6.61 Å². The zero-order chi connectivity index (χ0) is 7.28. The van der Waals surface area contributed by atoms with E-state index in [1.807, 2.05) is 13.2 Å². The van der Waals surface area contributed by atoms with E-state index in [4.69, 9.17) is 17.0 Å². The molecule has 52 valence electrons. The van der Waals surface area contributed by atoms with Crippen LogP contribution in [0.4, 0.5) is 0 Å². The number of thiocarbonyl (C=S) groups is 1. The molecule has 0 atom stereocenters. The first kappa shape index (κ1) is 8.98. The Morgan fingerprint density at radius 3 is 2.67 bits per heavy atom. The van der Waals surface area contributed by atoms with Gasteiger partial charge in [-0.1, -0.05) is 18.3 Å². The van der Waals surface area contributed by atoms with Crippen LogP contribution in [0.15, 0.2) is 12.2 Å². The van der Waals surface area contributed by atoms with Crippen LogP contribution in [0.3, 0.4) is 0 Å². The van der Waals surface area contributed by atoms with E-state index in [0.29, 0.717) is 11.0 Å². The Kier molecular flexibility index (Phi) is 4.81. The van der Waals surface area contributed by atoms with Crippen LogP contribution in [-0.4, -0.2) is 17.2 Å². The first-order chi connectivity index (χ1) is 4.16. The van der Waals surface area contributed by atoms with Crippen molar-refractivity contribution in [3.05, 3.63) is 12.2 Å². The maximum Gasteiger partial charge on any atom is 0.220 e. The fourth-order valence-corrected chi connectivity index (χ4v) is 0.477. The number of hydrogen-bond donors (Lipinski definition) is 0. The number of rotatable bonds is 2. The van der Waals surface area contributed by atoms with Gasteiger partial charge in [-0.25, -0.2) is 0 Å².